The Hall–Kier alpha value is -3.21. The van der Waals surface area contributed by atoms with E-state index in [0.29, 0.717) is 12.1 Å². The van der Waals surface area contributed by atoms with Crippen molar-refractivity contribution in [2.75, 3.05) is 0 Å². The molecule has 0 spiro atoms. The molecule has 2 aromatic carbocycles. The van der Waals surface area contributed by atoms with Gasteiger partial charge >= 0.3 is 0 Å². The summed E-state index contributed by atoms with van der Waals surface area (Å²) in [5.41, 5.74) is 11.0. The number of nitrogens with two attached hydrogens (primary N) is 1. The number of carbonyl (C=O) groups excluding carboxylic acids is 1. The highest BCUT2D eigenvalue weighted by Crippen LogP contribution is 2.35. The maximum atomic E-state index is 12.4. The first-order valence-electron chi connectivity index (χ1n) is 10.5. The molecule has 0 saturated carbocycles. The first-order valence-corrected chi connectivity index (χ1v) is 10.5. The summed E-state index contributed by atoms with van der Waals surface area (Å²) < 4.78 is 2.20. The highest BCUT2D eigenvalue weighted by Gasteiger charge is 2.24. The van der Waals surface area contributed by atoms with Crippen LogP contribution in [0.15, 0.2) is 48.5 Å². The van der Waals surface area contributed by atoms with Gasteiger partial charge < -0.3 is 20.5 Å². The van der Waals surface area contributed by atoms with Gasteiger partial charge in [-0.15, -0.1) is 0 Å². The Bertz CT molecular complexity index is 1020. The number of nitrogens with zero attached hydrogens (tertiary/aromatic N) is 1. The lowest BCUT2D eigenvalue weighted by atomic mass is 9.97. The summed E-state index contributed by atoms with van der Waals surface area (Å²) in [5, 5.41) is 19.5. The van der Waals surface area contributed by atoms with Gasteiger partial charge in [0.15, 0.2) is 0 Å². The fraction of sp³-hybridized carbons (Fsp3) is 0.320. The van der Waals surface area contributed by atoms with Crippen molar-refractivity contribution >= 4 is 5.91 Å². The second-order valence-electron chi connectivity index (χ2n) is 7.72. The van der Waals surface area contributed by atoms with E-state index in [1.54, 1.807) is 30.3 Å². The van der Waals surface area contributed by atoms with Gasteiger partial charge in [-0.1, -0.05) is 44.0 Å². The van der Waals surface area contributed by atoms with Crippen LogP contribution in [-0.4, -0.2) is 20.7 Å². The lowest BCUT2D eigenvalue weighted by Gasteiger charge is -2.14. The van der Waals surface area contributed by atoms with Crippen LogP contribution in [0.1, 0.15) is 53.5 Å². The van der Waals surface area contributed by atoms with Crippen molar-refractivity contribution in [3.8, 4) is 22.6 Å². The number of aryl methyl sites for hydroxylation is 1. The predicted octanol–water partition coefficient (Wildman–Crippen LogP) is 4.95. The summed E-state index contributed by atoms with van der Waals surface area (Å²) in [7, 11) is 0. The van der Waals surface area contributed by atoms with E-state index in [4.69, 9.17) is 5.73 Å². The summed E-state index contributed by atoms with van der Waals surface area (Å²) in [6, 6.07) is 14.2. The number of rotatable bonds is 9. The number of carbonyl (C=O) groups is 1. The molecule has 0 saturated heterocycles. The van der Waals surface area contributed by atoms with E-state index in [0.717, 1.165) is 60.2 Å². The summed E-state index contributed by atoms with van der Waals surface area (Å²) in [4.78, 5) is 12.4. The number of aromatic nitrogens is 1. The van der Waals surface area contributed by atoms with Gasteiger partial charge in [0.05, 0.1) is 5.56 Å². The molecule has 0 radical (unpaired) electrons. The van der Waals surface area contributed by atoms with E-state index in [1.807, 2.05) is 25.1 Å². The molecule has 4 N–H and O–H groups in total. The topological polar surface area (TPSA) is 88.5 Å². The standard InChI is InChI=1S/C25H30N2O3/c1-3-4-5-9-22-24(19-7-6-8-21(29)16-19)23(25(26)30)17(2)27(22)15-14-18-10-12-20(28)13-11-18/h6-8,10-13,16,28-29H,3-5,9,14-15H2,1-2H3,(H2,26,30). The molecule has 3 rings (SSSR count). The summed E-state index contributed by atoms with van der Waals surface area (Å²) in [5.74, 6) is -0.0405. The minimum Gasteiger partial charge on any atom is -0.508 e. The number of phenols is 2. The second-order valence-corrected chi connectivity index (χ2v) is 7.72. The molecule has 0 bridgehead atoms. The van der Waals surface area contributed by atoms with Crippen LogP contribution in [0.3, 0.4) is 0 Å². The fourth-order valence-electron chi connectivity index (χ4n) is 4.08. The van der Waals surface area contributed by atoms with Gasteiger partial charge in [0, 0.05) is 23.5 Å². The highest BCUT2D eigenvalue weighted by molar-refractivity contribution is 6.02. The zero-order chi connectivity index (χ0) is 21.7. The van der Waals surface area contributed by atoms with Crippen molar-refractivity contribution in [3.05, 3.63) is 71.0 Å². The number of benzene rings is 2. The molecule has 5 nitrogen and oxygen atoms in total. The molecule has 0 aliphatic heterocycles. The number of amides is 1. The van der Waals surface area contributed by atoms with E-state index >= 15 is 0 Å². The molecule has 0 fully saturated rings. The second kappa shape index (κ2) is 9.53. The van der Waals surface area contributed by atoms with Crippen molar-refractivity contribution in [2.45, 2.75) is 52.5 Å². The van der Waals surface area contributed by atoms with Crippen molar-refractivity contribution < 1.29 is 15.0 Å². The first kappa shape index (κ1) is 21.5. The SMILES string of the molecule is CCCCCc1c(-c2cccc(O)c2)c(C(N)=O)c(C)n1CCc1ccc(O)cc1. The monoisotopic (exact) mass is 406 g/mol. The fourth-order valence-corrected chi connectivity index (χ4v) is 4.08. The summed E-state index contributed by atoms with van der Waals surface area (Å²) >= 11 is 0. The van der Waals surface area contributed by atoms with E-state index in [1.165, 1.54) is 0 Å². The Morgan fingerprint density at radius 2 is 1.73 bits per heavy atom. The number of aromatic hydroxyl groups is 2. The maximum Gasteiger partial charge on any atom is 0.251 e. The van der Waals surface area contributed by atoms with Crippen molar-refractivity contribution in [3.63, 3.8) is 0 Å². The molecule has 0 unspecified atom stereocenters. The van der Waals surface area contributed by atoms with E-state index in [9.17, 15) is 15.0 Å². The van der Waals surface area contributed by atoms with Gasteiger partial charge in [-0.05, 0) is 61.6 Å². The molecule has 0 aliphatic carbocycles. The van der Waals surface area contributed by atoms with Gasteiger partial charge in [0.2, 0.25) is 0 Å². The van der Waals surface area contributed by atoms with Crippen LogP contribution in [0.5, 0.6) is 11.5 Å². The maximum absolute atomic E-state index is 12.4. The minimum absolute atomic E-state index is 0.164. The average molecular weight is 407 g/mol. The lowest BCUT2D eigenvalue weighted by Crippen LogP contribution is -2.14. The van der Waals surface area contributed by atoms with E-state index in [-0.39, 0.29) is 11.5 Å². The molecule has 30 heavy (non-hydrogen) atoms. The largest absolute Gasteiger partial charge is 0.508 e. The third-order valence-electron chi connectivity index (χ3n) is 5.59. The third-order valence-corrected chi connectivity index (χ3v) is 5.59. The third kappa shape index (κ3) is 4.67. The van der Waals surface area contributed by atoms with Crippen molar-refractivity contribution in [1.82, 2.24) is 4.57 Å². The molecular formula is C25H30N2O3. The van der Waals surface area contributed by atoms with Crippen LogP contribution in [0.25, 0.3) is 11.1 Å². The number of hydrogen-bond acceptors (Lipinski definition) is 3. The lowest BCUT2D eigenvalue weighted by molar-refractivity contribution is 0.1000. The van der Waals surface area contributed by atoms with Gasteiger partial charge in [0.25, 0.3) is 5.91 Å². The number of hydrogen-bond donors (Lipinski definition) is 3. The molecule has 1 aromatic heterocycles. The number of phenolic OH excluding ortho intramolecular Hbond substituents is 2. The van der Waals surface area contributed by atoms with E-state index in [2.05, 4.69) is 11.5 Å². The Kier molecular flexibility index (Phi) is 6.83. The molecule has 0 aliphatic rings. The van der Waals surface area contributed by atoms with Crippen LogP contribution in [0.4, 0.5) is 0 Å². The van der Waals surface area contributed by atoms with Gasteiger partial charge in [-0.3, -0.25) is 4.79 Å². The minimum atomic E-state index is -0.453. The van der Waals surface area contributed by atoms with Crippen molar-refractivity contribution in [2.24, 2.45) is 5.73 Å². The molecule has 158 valence electrons. The van der Waals surface area contributed by atoms with Crippen LogP contribution in [0.2, 0.25) is 0 Å². The Morgan fingerprint density at radius 1 is 1.00 bits per heavy atom. The highest BCUT2D eigenvalue weighted by atomic mass is 16.3. The van der Waals surface area contributed by atoms with Gasteiger partial charge in [-0.25, -0.2) is 0 Å². The average Bonchev–Trinajstić information content (AvgIpc) is 2.99. The normalized spacial score (nSPS) is 11.0. The molecular weight excluding hydrogens is 376 g/mol. The van der Waals surface area contributed by atoms with Crippen molar-refractivity contribution in [1.29, 1.82) is 0 Å². The predicted molar refractivity (Wildman–Crippen MR) is 120 cm³/mol. The molecule has 0 atom stereocenters. The molecule has 3 aromatic rings. The zero-order valence-corrected chi connectivity index (χ0v) is 17.7. The Balaban J connectivity index is 2.08. The number of primary amides is 1. The van der Waals surface area contributed by atoms with E-state index < -0.39 is 5.91 Å². The zero-order valence-electron chi connectivity index (χ0n) is 17.7. The molecule has 5 heteroatoms. The summed E-state index contributed by atoms with van der Waals surface area (Å²) in [6.45, 7) is 4.81. The smallest absolute Gasteiger partial charge is 0.251 e. The van der Waals surface area contributed by atoms with Crippen LogP contribution >= 0.6 is 0 Å². The van der Waals surface area contributed by atoms with Crippen LogP contribution in [0, 0.1) is 6.92 Å². The molecule has 1 heterocycles. The van der Waals surface area contributed by atoms with Crippen LogP contribution in [-0.2, 0) is 19.4 Å². The van der Waals surface area contributed by atoms with Gasteiger partial charge in [-0.2, -0.15) is 0 Å². The Labute approximate surface area is 177 Å². The first-order chi connectivity index (χ1) is 14.4. The van der Waals surface area contributed by atoms with Crippen LogP contribution < -0.4 is 5.73 Å². The summed E-state index contributed by atoms with van der Waals surface area (Å²) in [6.07, 6.45) is 4.84. The number of unbranched alkanes of at least 4 members (excludes halogenated alkanes) is 2. The quantitative estimate of drug-likeness (QED) is 0.439. The van der Waals surface area contributed by atoms with Gasteiger partial charge in [0.1, 0.15) is 11.5 Å². The Morgan fingerprint density at radius 3 is 2.37 bits per heavy atom. The molecule has 1 amide bonds.